The first kappa shape index (κ1) is 16.1. The molecular weight excluding hydrogens is 385 g/mol. The summed E-state index contributed by atoms with van der Waals surface area (Å²) < 4.78 is 15.3. The molecule has 1 aliphatic rings. The van der Waals surface area contributed by atoms with Crippen molar-refractivity contribution in [3.8, 4) is 11.5 Å². The number of ether oxygens (including phenoxy) is 3. The lowest BCUT2D eigenvalue weighted by atomic mass is 9.97. The number of nitrogens with zero attached hydrogens (tertiary/aromatic N) is 1. The number of methoxy groups -OCH3 is 2. The molecule has 1 atom stereocenters. The summed E-state index contributed by atoms with van der Waals surface area (Å²) >= 11 is 2.07. The van der Waals surface area contributed by atoms with Crippen LogP contribution in [0, 0.1) is 5.41 Å². The normalized spacial score (nSPS) is 20.1. The highest BCUT2D eigenvalue weighted by Gasteiger charge is 2.42. The Morgan fingerprint density at radius 2 is 1.90 bits per heavy atom. The molecular formula is C15H18INO4. The Labute approximate surface area is 137 Å². The largest absolute Gasteiger partial charge is 0.497 e. The molecule has 1 unspecified atom stereocenters. The molecule has 0 aromatic heterocycles. The second-order valence-electron chi connectivity index (χ2n) is 5.77. The van der Waals surface area contributed by atoms with Crippen LogP contribution in [0.15, 0.2) is 17.1 Å². The smallest absolute Gasteiger partial charge is 0.313 e. The van der Waals surface area contributed by atoms with Crippen LogP contribution in [0.2, 0.25) is 0 Å². The number of fused-ring (bicyclic) bond motifs is 1. The number of carbonyl (C=O) groups is 1. The molecule has 1 aliphatic heterocycles. The topological polar surface area (TPSA) is 57.1 Å². The molecule has 1 heterocycles. The number of benzene rings is 1. The van der Waals surface area contributed by atoms with E-state index < -0.39 is 9.02 Å². The Morgan fingerprint density at radius 1 is 1.24 bits per heavy atom. The maximum Gasteiger partial charge on any atom is 0.313 e. The molecule has 6 heteroatoms. The summed E-state index contributed by atoms with van der Waals surface area (Å²) in [5.74, 6) is 0.924. The first-order valence-corrected chi connectivity index (χ1v) is 7.53. The number of hydrogen-bond acceptors (Lipinski definition) is 5. The minimum absolute atomic E-state index is 0.294. The maximum absolute atomic E-state index is 12.2. The first-order valence-electron chi connectivity index (χ1n) is 6.45. The highest BCUT2D eigenvalue weighted by Crippen LogP contribution is 2.49. The first-order chi connectivity index (χ1) is 9.71. The highest BCUT2D eigenvalue weighted by molar-refractivity contribution is 14.1. The van der Waals surface area contributed by atoms with E-state index in [1.165, 1.54) is 0 Å². The fraction of sp³-hybridized carbons (Fsp3) is 0.467. The van der Waals surface area contributed by atoms with Crippen LogP contribution in [-0.2, 0) is 13.1 Å². The van der Waals surface area contributed by atoms with Gasteiger partial charge in [0.05, 0.1) is 25.8 Å². The molecule has 0 radical (unpaired) electrons. The van der Waals surface area contributed by atoms with Crippen molar-refractivity contribution in [3.05, 3.63) is 17.7 Å². The molecule has 0 aliphatic carbocycles. The van der Waals surface area contributed by atoms with Crippen LogP contribution in [-0.4, -0.2) is 26.4 Å². The average molecular weight is 403 g/mol. The van der Waals surface area contributed by atoms with E-state index in [0.29, 0.717) is 17.2 Å². The highest BCUT2D eigenvalue weighted by atomic mass is 127. The van der Waals surface area contributed by atoms with E-state index in [4.69, 9.17) is 14.2 Å². The Bertz CT molecular complexity index is 606. The average Bonchev–Trinajstić information content (AvgIpc) is 2.74. The predicted octanol–water partition coefficient (Wildman–Crippen LogP) is 3.60. The lowest BCUT2D eigenvalue weighted by molar-refractivity contribution is -0.156. The SMILES string of the molecule is COc1cc(OC)c2c(c1)C(I)(OC(=O)C(C)(C)C)C=N2. The van der Waals surface area contributed by atoms with Gasteiger partial charge < -0.3 is 14.2 Å². The molecule has 1 aromatic carbocycles. The van der Waals surface area contributed by atoms with Crippen LogP contribution in [0.4, 0.5) is 5.69 Å². The Hall–Kier alpha value is -1.31. The molecule has 0 spiro atoms. The number of carbonyl (C=O) groups excluding carboxylic acids is 1. The monoisotopic (exact) mass is 403 g/mol. The lowest BCUT2D eigenvalue weighted by Crippen LogP contribution is -2.32. The van der Waals surface area contributed by atoms with E-state index in [2.05, 4.69) is 27.6 Å². The van der Waals surface area contributed by atoms with Crippen LogP contribution in [0.1, 0.15) is 26.3 Å². The number of aliphatic imine (C=N–C) groups is 1. The fourth-order valence-electron chi connectivity index (χ4n) is 1.84. The van der Waals surface area contributed by atoms with Crippen LogP contribution in [0.25, 0.3) is 0 Å². The van der Waals surface area contributed by atoms with Crippen molar-refractivity contribution < 1.29 is 19.0 Å². The summed E-state index contributed by atoms with van der Waals surface area (Å²) in [6, 6.07) is 3.57. The number of esters is 1. The van der Waals surface area contributed by atoms with Crippen LogP contribution in [0.3, 0.4) is 0 Å². The molecule has 2 rings (SSSR count). The standard InChI is InChI=1S/C15H18INO4/c1-14(2,3)13(18)21-15(16)8-17-12-10(15)6-9(19-4)7-11(12)20-5/h6-8H,1-5H3. The molecule has 0 amide bonds. The van der Waals surface area contributed by atoms with Crippen molar-refractivity contribution in [2.45, 2.75) is 24.4 Å². The van der Waals surface area contributed by atoms with Gasteiger partial charge in [-0.15, -0.1) is 0 Å². The van der Waals surface area contributed by atoms with E-state index >= 15 is 0 Å². The molecule has 21 heavy (non-hydrogen) atoms. The van der Waals surface area contributed by atoms with Crippen molar-refractivity contribution in [3.63, 3.8) is 0 Å². The van der Waals surface area contributed by atoms with Crippen LogP contribution < -0.4 is 9.47 Å². The van der Waals surface area contributed by atoms with Gasteiger partial charge in [0.1, 0.15) is 17.2 Å². The van der Waals surface area contributed by atoms with Crippen molar-refractivity contribution in [2.24, 2.45) is 10.4 Å². The minimum atomic E-state index is -0.945. The van der Waals surface area contributed by atoms with Gasteiger partial charge in [-0.3, -0.25) is 9.79 Å². The van der Waals surface area contributed by atoms with Gasteiger partial charge in [0.15, 0.2) is 0 Å². The Kier molecular flexibility index (Phi) is 4.19. The van der Waals surface area contributed by atoms with Crippen LogP contribution >= 0.6 is 22.6 Å². The zero-order valence-electron chi connectivity index (χ0n) is 12.7. The van der Waals surface area contributed by atoms with Gasteiger partial charge in [-0.25, -0.2) is 0 Å². The zero-order valence-corrected chi connectivity index (χ0v) is 14.8. The second kappa shape index (κ2) is 5.47. The Balaban J connectivity index is 2.45. The van der Waals surface area contributed by atoms with Gasteiger partial charge in [0.25, 0.3) is 0 Å². The van der Waals surface area contributed by atoms with Gasteiger partial charge in [-0.1, -0.05) is 0 Å². The van der Waals surface area contributed by atoms with Gasteiger partial charge in [0, 0.05) is 11.6 Å². The molecule has 0 saturated carbocycles. The fourth-order valence-corrected chi connectivity index (χ4v) is 2.59. The van der Waals surface area contributed by atoms with Gasteiger partial charge in [0.2, 0.25) is 3.61 Å². The van der Waals surface area contributed by atoms with Crippen LogP contribution in [0.5, 0.6) is 11.5 Å². The minimum Gasteiger partial charge on any atom is -0.497 e. The molecule has 114 valence electrons. The molecule has 0 saturated heterocycles. The summed E-state index contributed by atoms with van der Waals surface area (Å²) in [5.41, 5.74) is 0.823. The summed E-state index contributed by atoms with van der Waals surface area (Å²) in [4.78, 5) is 16.5. The van der Waals surface area contributed by atoms with Crippen molar-refractivity contribution >= 4 is 40.5 Å². The summed E-state index contributed by atoms with van der Waals surface area (Å²) in [6.45, 7) is 5.44. The van der Waals surface area contributed by atoms with E-state index in [1.54, 1.807) is 26.5 Å². The maximum atomic E-state index is 12.2. The lowest BCUT2D eigenvalue weighted by Gasteiger charge is -2.26. The van der Waals surface area contributed by atoms with Crippen molar-refractivity contribution in [1.29, 1.82) is 0 Å². The van der Waals surface area contributed by atoms with Gasteiger partial charge in [-0.2, -0.15) is 0 Å². The summed E-state index contributed by atoms with van der Waals surface area (Å²) in [7, 11) is 3.14. The molecule has 1 aromatic rings. The van der Waals surface area contributed by atoms with E-state index in [-0.39, 0.29) is 5.97 Å². The number of rotatable bonds is 3. The van der Waals surface area contributed by atoms with Gasteiger partial charge >= 0.3 is 5.97 Å². The molecule has 5 nitrogen and oxygen atoms in total. The molecule has 0 fully saturated rings. The molecule has 0 bridgehead atoms. The summed E-state index contributed by atoms with van der Waals surface area (Å²) in [6.07, 6.45) is 1.61. The van der Waals surface area contributed by atoms with Gasteiger partial charge in [-0.05, 0) is 49.4 Å². The third-order valence-corrected chi connectivity index (χ3v) is 4.16. The van der Waals surface area contributed by atoms with Crippen molar-refractivity contribution in [1.82, 2.24) is 0 Å². The Morgan fingerprint density at radius 3 is 2.43 bits per heavy atom. The molecule has 0 N–H and O–H groups in total. The predicted molar refractivity (Wildman–Crippen MR) is 88.9 cm³/mol. The quantitative estimate of drug-likeness (QED) is 0.440. The van der Waals surface area contributed by atoms with Crippen molar-refractivity contribution in [2.75, 3.05) is 14.2 Å². The third-order valence-electron chi connectivity index (χ3n) is 3.08. The number of alkyl halides is 1. The zero-order chi connectivity index (χ0) is 15.8. The van der Waals surface area contributed by atoms with E-state index in [1.807, 2.05) is 26.8 Å². The second-order valence-corrected chi connectivity index (χ2v) is 7.37. The third kappa shape index (κ3) is 3.00. The number of halogens is 1. The number of hydrogen-bond donors (Lipinski definition) is 0. The van der Waals surface area contributed by atoms with E-state index in [9.17, 15) is 4.79 Å². The van der Waals surface area contributed by atoms with E-state index in [0.717, 1.165) is 5.56 Å². The summed E-state index contributed by atoms with van der Waals surface area (Å²) in [5, 5.41) is 0.